The number of benzene rings is 1. The Kier molecular flexibility index (Phi) is 3.83. The van der Waals surface area contributed by atoms with E-state index in [0.29, 0.717) is 16.7 Å². The third kappa shape index (κ3) is 2.69. The first-order chi connectivity index (χ1) is 8.11. The third-order valence-corrected chi connectivity index (χ3v) is 3.31. The summed E-state index contributed by atoms with van der Waals surface area (Å²) in [6.45, 7) is 0.342. The molecule has 0 N–H and O–H groups in total. The predicted octanol–water partition coefficient (Wildman–Crippen LogP) is 3.60. The van der Waals surface area contributed by atoms with Gasteiger partial charge in [-0.15, -0.1) is 0 Å². The van der Waals surface area contributed by atoms with E-state index in [1.807, 2.05) is 0 Å². The fourth-order valence-corrected chi connectivity index (χ4v) is 2.61. The highest BCUT2D eigenvalue weighted by Crippen LogP contribution is 2.23. The van der Waals surface area contributed by atoms with Crippen molar-refractivity contribution in [3.05, 3.63) is 44.9 Å². The fourth-order valence-electron chi connectivity index (χ4n) is 1.47. The summed E-state index contributed by atoms with van der Waals surface area (Å²) in [6.07, 6.45) is 0. The minimum absolute atomic E-state index is 0.241. The first-order valence-electron chi connectivity index (χ1n) is 4.82. The molecule has 0 atom stereocenters. The molecular formula is C11H9Br2FN2O. The number of nitrogens with zero attached hydrogens (tertiary/aromatic N) is 2. The van der Waals surface area contributed by atoms with Crippen LogP contribution in [0.1, 0.15) is 5.56 Å². The fraction of sp³-hybridized carbons (Fsp3) is 0.182. The van der Waals surface area contributed by atoms with Crippen molar-refractivity contribution in [2.24, 2.45) is 0 Å². The van der Waals surface area contributed by atoms with Crippen molar-refractivity contribution in [1.29, 1.82) is 0 Å². The monoisotopic (exact) mass is 362 g/mol. The van der Waals surface area contributed by atoms with Gasteiger partial charge in [0.2, 0.25) is 0 Å². The highest BCUT2D eigenvalue weighted by atomic mass is 79.9. The van der Waals surface area contributed by atoms with Gasteiger partial charge in [-0.25, -0.2) is 4.39 Å². The van der Waals surface area contributed by atoms with Gasteiger partial charge in [-0.2, -0.15) is 5.10 Å². The quantitative estimate of drug-likeness (QED) is 0.833. The Balaban J connectivity index is 2.33. The van der Waals surface area contributed by atoms with Crippen LogP contribution in [0.2, 0.25) is 0 Å². The van der Waals surface area contributed by atoms with Crippen LogP contribution >= 0.6 is 31.9 Å². The Morgan fingerprint density at radius 2 is 2.18 bits per heavy atom. The molecule has 1 aromatic heterocycles. The lowest BCUT2D eigenvalue weighted by Gasteiger charge is -2.08. The maximum absolute atomic E-state index is 13.9. The van der Waals surface area contributed by atoms with Crippen LogP contribution in [0.25, 0.3) is 0 Å². The van der Waals surface area contributed by atoms with Gasteiger partial charge in [0.15, 0.2) is 11.6 Å². The van der Waals surface area contributed by atoms with E-state index in [-0.39, 0.29) is 11.6 Å². The molecule has 0 unspecified atom stereocenters. The number of methoxy groups -OCH3 is 1. The lowest BCUT2D eigenvalue weighted by molar-refractivity contribution is 0.383. The molecule has 0 aliphatic heterocycles. The maximum Gasteiger partial charge on any atom is 0.170 e. The Morgan fingerprint density at radius 1 is 1.41 bits per heavy atom. The molecule has 2 aromatic rings. The van der Waals surface area contributed by atoms with Crippen LogP contribution in [0.4, 0.5) is 4.39 Å². The molecule has 0 aliphatic rings. The molecule has 1 heterocycles. The van der Waals surface area contributed by atoms with Gasteiger partial charge in [-0.1, -0.05) is 12.1 Å². The van der Waals surface area contributed by atoms with Crippen molar-refractivity contribution in [2.45, 2.75) is 6.54 Å². The van der Waals surface area contributed by atoms with Gasteiger partial charge in [-0.05, 0) is 37.9 Å². The molecule has 0 amide bonds. The van der Waals surface area contributed by atoms with Crippen molar-refractivity contribution in [3.63, 3.8) is 0 Å². The van der Waals surface area contributed by atoms with Crippen LogP contribution in [-0.4, -0.2) is 16.9 Å². The number of aromatic nitrogens is 2. The molecule has 0 saturated carbocycles. The van der Waals surface area contributed by atoms with Crippen LogP contribution in [0.3, 0.4) is 0 Å². The highest BCUT2D eigenvalue weighted by Gasteiger charge is 2.11. The van der Waals surface area contributed by atoms with E-state index < -0.39 is 0 Å². The van der Waals surface area contributed by atoms with Crippen molar-refractivity contribution in [3.8, 4) is 5.75 Å². The number of halogens is 3. The molecule has 3 nitrogen and oxygen atoms in total. The zero-order valence-electron chi connectivity index (χ0n) is 8.95. The summed E-state index contributed by atoms with van der Waals surface area (Å²) in [7, 11) is 1.45. The van der Waals surface area contributed by atoms with Gasteiger partial charge in [0.1, 0.15) is 9.21 Å². The van der Waals surface area contributed by atoms with Gasteiger partial charge in [0.25, 0.3) is 0 Å². The van der Waals surface area contributed by atoms with E-state index in [0.717, 1.165) is 4.60 Å². The average molecular weight is 364 g/mol. The van der Waals surface area contributed by atoms with Crippen molar-refractivity contribution >= 4 is 31.9 Å². The predicted molar refractivity (Wildman–Crippen MR) is 69.7 cm³/mol. The molecule has 2 rings (SSSR count). The average Bonchev–Trinajstić information content (AvgIpc) is 2.60. The van der Waals surface area contributed by atoms with E-state index >= 15 is 0 Å². The van der Waals surface area contributed by atoms with Crippen molar-refractivity contribution in [2.75, 3.05) is 7.11 Å². The number of ether oxygens (including phenoxy) is 1. The molecule has 17 heavy (non-hydrogen) atoms. The summed E-state index contributed by atoms with van der Waals surface area (Å²) in [5.74, 6) is -0.113. The molecule has 0 radical (unpaired) electrons. The molecule has 0 saturated heterocycles. The van der Waals surface area contributed by atoms with Gasteiger partial charge in [0.05, 0.1) is 13.7 Å². The minimum atomic E-state index is -0.353. The van der Waals surface area contributed by atoms with E-state index in [9.17, 15) is 4.39 Å². The van der Waals surface area contributed by atoms with Crippen LogP contribution in [0, 0.1) is 5.82 Å². The smallest absolute Gasteiger partial charge is 0.170 e. The summed E-state index contributed by atoms with van der Waals surface area (Å²) >= 11 is 6.61. The SMILES string of the molecule is COc1cccc(Cn2nc(Br)cc2Br)c1F. The second kappa shape index (κ2) is 5.18. The summed E-state index contributed by atoms with van der Waals surface area (Å²) in [5.41, 5.74) is 0.528. The van der Waals surface area contributed by atoms with Crippen molar-refractivity contribution in [1.82, 2.24) is 9.78 Å². The largest absolute Gasteiger partial charge is 0.494 e. The zero-order valence-corrected chi connectivity index (χ0v) is 12.1. The lowest BCUT2D eigenvalue weighted by atomic mass is 10.2. The molecule has 1 aromatic carbocycles. The summed E-state index contributed by atoms with van der Waals surface area (Å²) < 4.78 is 22.0. The van der Waals surface area contributed by atoms with E-state index in [4.69, 9.17) is 4.74 Å². The maximum atomic E-state index is 13.9. The second-order valence-corrected chi connectivity index (χ2v) is 5.01. The number of hydrogen-bond donors (Lipinski definition) is 0. The van der Waals surface area contributed by atoms with E-state index in [1.54, 1.807) is 28.9 Å². The highest BCUT2D eigenvalue weighted by molar-refractivity contribution is 9.11. The lowest BCUT2D eigenvalue weighted by Crippen LogP contribution is -2.05. The molecule has 6 heteroatoms. The van der Waals surface area contributed by atoms with Crippen LogP contribution < -0.4 is 4.74 Å². The molecule has 0 aliphatic carbocycles. The molecule has 0 spiro atoms. The van der Waals surface area contributed by atoms with Gasteiger partial charge < -0.3 is 4.74 Å². The number of rotatable bonds is 3. The molecule has 0 fully saturated rings. The Bertz CT molecular complexity index is 542. The number of hydrogen-bond acceptors (Lipinski definition) is 2. The summed E-state index contributed by atoms with van der Waals surface area (Å²) in [4.78, 5) is 0. The van der Waals surface area contributed by atoms with Crippen LogP contribution in [-0.2, 0) is 6.54 Å². The first-order valence-corrected chi connectivity index (χ1v) is 6.40. The van der Waals surface area contributed by atoms with Crippen molar-refractivity contribution < 1.29 is 9.13 Å². The van der Waals surface area contributed by atoms with Crippen LogP contribution in [0.15, 0.2) is 33.5 Å². The van der Waals surface area contributed by atoms with Gasteiger partial charge >= 0.3 is 0 Å². The normalized spacial score (nSPS) is 10.6. The Labute approximate surface area is 115 Å². The minimum Gasteiger partial charge on any atom is -0.494 e. The Hall–Kier alpha value is -0.880. The molecular weight excluding hydrogens is 355 g/mol. The topological polar surface area (TPSA) is 27.1 Å². The standard InChI is InChI=1S/C11H9Br2FN2O/c1-17-8-4-2-3-7(11(8)14)6-16-10(13)5-9(12)15-16/h2-5H,6H2,1H3. The summed E-state index contributed by atoms with van der Waals surface area (Å²) in [6, 6.07) is 6.86. The molecule has 90 valence electrons. The summed E-state index contributed by atoms with van der Waals surface area (Å²) in [5, 5.41) is 4.18. The Morgan fingerprint density at radius 3 is 2.76 bits per heavy atom. The third-order valence-electron chi connectivity index (χ3n) is 2.28. The van der Waals surface area contributed by atoms with Gasteiger partial charge in [0, 0.05) is 11.6 Å². The first kappa shape index (κ1) is 12.6. The second-order valence-electron chi connectivity index (χ2n) is 3.38. The van der Waals surface area contributed by atoms with Gasteiger partial charge in [-0.3, -0.25) is 4.68 Å². The van der Waals surface area contributed by atoms with Crippen LogP contribution in [0.5, 0.6) is 5.75 Å². The molecule has 0 bridgehead atoms. The zero-order chi connectivity index (χ0) is 12.4. The van der Waals surface area contributed by atoms with E-state index in [1.165, 1.54) is 7.11 Å². The van der Waals surface area contributed by atoms with E-state index in [2.05, 4.69) is 37.0 Å².